The molecule has 4 aromatic carbocycles. The van der Waals surface area contributed by atoms with Gasteiger partial charge in [-0.3, -0.25) is 9.89 Å². The molecule has 6 heteroatoms. The second kappa shape index (κ2) is 8.35. The summed E-state index contributed by atoms with van der Waals surface area (Å²) >= 11 is 0. The fraction of sp³-hybridized carbons (Fsp3) is 0.0385. The van der Waals surface area contributed by atoms with Crippen LogP contribution >= 0.6 is 0 Å². The number of rotatable bonds is 5. The summed E-state index contributed by atoms with van der Waals surface area (Å²) in [7, 11) is 1.62. The number of nitrogens with zero attached hydrogens (tertiary/aromatic N) is 2. The zero-order valence-electron chi connectivity index (χ0n) is 17.4. The first-order chi connectivity index (χ1) is 15.7. The van der Waals surface area contributed by atoms with E-state index in [-0.39, 0.29) is 5.91 Å². The standard InChI is InChI=1S/C26H20N4O2/c1-32-20-12-10-17(11-13-20)24-15-25(29-28-24)26(31)30-27-16-23-21-8-4-2-6-18(21)14-19-7-3-5-9-22(19)23/h2-16H,1H3,(H,28,29)(H,30,31)/b27-16+. The number of carbonyl (C=O) groups is 1. The average molecular weight is 420 g/mol. The molecule has 0 spiro atoms. The van der Waals surface area contributed by atoms with Crippen molar-refractivity contribution >= 4 is 33.7 Å². The third-order valence-electron chi connectivity index (χ3n) is 5.38. The normalized spacial score (nSPS) is 11.3. The van der Waals surface area contributed by atoms with Crippen molar-refractivity contribution in [3.05, 3.63) is 96.2 Å². The van der Waals surface area contributed by atoms with E-state index >= 15 is 0 Å². The highest BCUT2D eigenvalue weighted by molar-refractivity contribution is 6.13. The molecule has 1 amide bonds. The molecule has 0 fully saturated rings. The van der Waals surface area contributed by atoms with Crippen molar-refractivity contribution < 1.29 is 9.53 Å². The first-order valence-corrected chi connectivity index (χ1v) is 10.2. The summed E-state index contributed by atoms with van der Waals surface area (Å²) in [5.41, 5.74) is 5.44. The van der Waals surface area contributed by atoms with Crippen LogP contribution in [0.2, 0.25) is 0 Å². The molecule has 0 radical (unpaired) electrons. The lowest BCUT2D eigenvalue weighted by atomic mass is 9.97. The van der Waals surface area contributed by atoms with Gasteiger partial charge in [-0.25, -0.2) is 5.43 Å². The number of benzene rings is 4. The number of hydrogen-bond donors (Lipinski definition) is 2. The van der Waals surface area contributed by atoms with Crippen LogP contribution in [0.4, 0.5) is 0 Å². The van der Waals surface area contributed by atoms with Crippen molar-refractivity contribution in [2.75, 3.05) is 7.11 Å². The van der Waals surface area contributed by atoms with Gasteiger partial charge in [0, 0.05) is 11.1 Å². The highest BCUT2D eigenvalue weighted by Gasteiger charge is 2.11. The monoisotopic (exact) mass is 420 g/mol. The second-order valence-electron chi connectivity index (χ2n) is 7.33. The number of nitrogens with one attached hydrogen (secondary N) is 2. The van der Waals surface area contributed by atoms with Crippen LogP contribution in [0.15, 0.2) is 90.0 Å². The van der Waals surface area contributed by atoms with Crippen molar-refractivity contribution in [2.24, 2.45) is 5.10 Å². The summed E-state index contributed by atoms with van der Waals surface area (Å²) < 4.78 is 5.17. The van der Waals surface area contributed by atoms with Crippen molar-refractivity contribution in [2.45, 2.75) is 0 Å². The van der Waals surface area contributed by atoms with Gasteiger partial charge in [-0.15, -0.1) is 0 Å². The molecular formula is C26H20N4O2. The van der Waals surface area contributed by atoms with Crippen LogP contribution in [0.25, 0.3) is 32.8 Å². The van der Waals surface area contributed by atoms with Crippen LogP contribution in [0.3, 0.4) is 0 Å². The highest BCUT2D eigenvalue weighted by atomic mass is 16.5. The minimum absolute atomic E-state index is 0.329. The van der Waals surface area contributed by atoms with Gasteiger partial charge < -0.3 is 4.74 Å². The summed E-state index contributed by atoms with van der Waals surface area (Å²) in [6.45, 7) is 0. The minimum atomic E-state index is -0.363. The molecule has 156 valence electrons. The number of H-pyrrole nitrogens is 1. The van der Waals surface area contributed by atoms with Crippen LogP contribution in [0.1, 0.15) is 16.1 Å². The number of aromatic nitrogens is 2. The fourth-order valence-electron chi connectivity index (χ4n) is 3.75. The quantitative estimate of drug-likeness (QED) is 0.234. The summed E-state index contributed by atoms with van der Waals surface area (Å²) in [5.74, 6) is 0.399. The average Bonchev–Trinajstić information content (AvgIpc) is 3.34. The first kappa shape index (κ1) is 19.5. The number of hydrazone groups is 1. The lowest BCUT2D eigenvalue weighted by Gasteiger charge is -2.07. The van der Waals surface area contributed by atoms with Crippen LogP contribution in [0, 0.1) is 0 Å². The number of amides is 1. The smallest absolute Gasteiger partial charge is 0.289 e. The molecule has 0 aliphatic rings. The molecule has 0 saturated heterocycles. The molecule has 0 unspecified atom stereocenters. The van der Waals surface area contributed by atoms with E-state index in [0.717, 1.165) is 38.4 Å². The molecule has 5 rings (SSSR count). The van der Waals surface area contributed by atoms with E-state index in [4.69, 9.17) is 4.74 Å². The van der Waals surface area contributed by atoms with Gasteiger partial charge in [0.2, 0.25) is 0 Å². The molecule has 5 aromatic rings. The topological polar surface area (TPSA) is 79.4 Å². The summed E-state index contributed by atoms with van der Waals surface area (Å²) in [6.07, 6.45) is 1.70. The molecule has 6 nitrogen and oxygen atoms in total. The van der Waals surface area contributed by atoms with E-state index < -0.39 is 0 Å². The number of carbonyl (C=O) groups excluding carboxylic acids is 1. The van der Waals surface area contributed by atoms with Gasteiger partial charge in [0.05, 0.1) is 19.0 Å². The van der Waals surface area contributed by atoms with Crippen LogP contribution in [-0.2, 0) is 0 Å². The molecule has 0 aliphatic carbocycles. The predicted molar refractivity (Wildman–Crippen MR) is 127 cm³/mol. The summed E-state index contributed by atoms with van der Waals surface area (Å²) in [4.78, 5) is 12.6. The maximum Gasteiger partial charge on any atom is 0.289 e. The Hall–Kier alpha value is -4.45. The molecule has 1 heterocycles. The number of hydrogen-bond acceptors (Lipinski definition) is 4. The molecule has 0 aliphatic heterocycles. The molecule has 32 heavy (non-hydrogen) atoms. The number of methoxy groups -OCH3 is 1. The zero-order valence-corrected chi connectivity index (χ0v) is 17.4. The number of aromatic amines is 1. The minimum Gasteiger partial charge on any atom is -0.497 e. The lowest BCUT2D eigenvalue weighted by Crippen LogP contribution is -2.18. The molecular weight excluding hydrogens is 400 g/mol. The van der Waals surface area contributed by atoms with E-state index in [1.807, 2.05) is 48.5 Å². The van der Waals surface area contributed by atoms with Crippen molar-refractivity contribution in [3.63, 3.8) is 0 Å². The van der Waals surface area contributed by atoms with E-state index in [0.29, 0.717) is 11.4 Å². The van der Waals surface area contributed by atoms with Gasteiger partial charge in [0.25, 0.3) is 5.91 Å². The lowest BCUT2D eigenvalue weighted by molar-refractivity contribution is 0.0950. The molecule has 0 bridgehead atoms. The largest absolute Gasteiger partial charge is 0.497 e. The Kier molecular flexibility index (Phi) is 5.09. The highest BCUT2D eigenvalue weighted by Crippen LogP contribution is 2.27. The van der Waals surface area contributed by atoms with Crippen molar-refractivity contribution in [1.82, 2.24) is 15.6 Å². The van der Waals surface area contributed by atoms with Gasteiger partial charge in [-0.05, 0) is 57.9 Å². The maximum absolute atomic E-state index is 12.6. The third-order valence-corrected chi connectivity index (χ3v) is 5.38. The molecule has 0 atom stereocenters. The molecule has 2 N–H and O–H groups in total. The SMILES string of the molecule is COc1ccc(-c2cc(C(=O)N/N=C/c3c4ccccc4cc4ccccc34)[nH]n2)cc1. The number of fused-ring (bicyclic) bond motifs is 2. The fourth-order valence-corrected chi connectivity index (χ4v) is 3.75. The first-order valence-electron chi connectivity index (χ1n) is 10.2. The van der Waals surface area contributed by atoms with E-state index in [1.165, 1.54) is 0 Å². The Balaban J connectivity index is 1.39. The summed E-state index contributed by atoms with van der Waals surface area (Å²) in [5, 5.41) is 15.6. The van der Waals surface area contributed by atoms with E-state index in [2.05, 4.69) is 51.1 Å². The Morgan fingerprint density at radius 2 is 1.59 bits per heavy atom. The Morgan fingerprint density at radius 1 is 0.938 bits per heavy atom. The Labute approximate surface area is 184 Å². The number of ether oxygens (including phenoxy) is 1. The van der Waals surface area contributed by atoms with Gasteiger partial charge in [-0.1, -0.05) is 48.5 Å². The van der Waals surface area contributed by atoms with Gasteiger partial charge in [0.15, 0.2) is 0 Å². The van der Waals surface area contributed by atoms with E-state index in [9.17, 15) is 4.79 Å². The van der Waals surface area contributed by atoms with E-state index in [1.54, 1.807) is 19.4 Å². The van der Waals surface area contributed by atoms with Gasteiger partial charge in [-0.2, -0.15) is 10.2 Å². The van der Waals surface area contributed by atoms with Crippen LogP contribution in [0.5, 0.6) is 5.75 Å². The van der Waals surface area contributed by atoms with Crippen molar-refractivity contribution in [3.8, 4) is 17.0 Å². The third kappa shape index (κ3) is 3.70. The van der Waals surface area contributed by atoms with Crippen LogP contribution < -0.4 is 10.2 Å². The molecule has 0 saturated carbocycles. The zero-order chi connectivity index (χ0) is 21.9. The Bertz CT molecular complexity index is 1400. The maximum atomic E-state index is 12.6. The molecule has 1 aromatic heterocycles. The predicted octanol–water partition coefficient (Wildman–Crippen LogP) is 5.16. The van der Waals surface area contributed by atoms with Crippen LogP contribution in [-0.4, -0.2) is 29.4 Å². The summed E-state index contributed by atoms with van der Waals surface area (Å²) in [6, 6.07) is 27.6. The second-order valence-corrected chi connectivity index (χ2v) is 7.33. The van der Waals surface area contributed by atoms with Gasteiger partial charge in [0.1, 0.15) is 11.4 Å². The van der Waals surface area contributed by atoms with Crippen molar-refractivity contribution in [1.29, 1.82) is 0 Å². The Morgan fingerprint density at radius 3 is 2.25 bits per heavy atom. The van der Waals surface area contributed by atoms with Gasteiger partial charge >= 0.3 is 0 Å².